The maximum absolute atomic E-state index is 13.3. The number of carbonyl (C=O) groups is 2. The summed E-state index contributed by atoms with van der Waals surface area (Å²) in [5, 5.41) is 0. The Hall–Kier alpha value is -2.27. The Morgan fingerprint density at radius 2 is 1.33 bits per heavy atom. The zero-order valence-corrected chi connectivity index (χ0v) is 20.2. The fraction of sp³-hybridized carbons (Fsp3) is 0.440. The number of hydrogen-bond donors (Lipinski definition) is 1. The lowest BCUT2D eigenvalue weighted by Gasteiger charge is -2.32. The van der Waals surface area contributed by atoms with Crippen molar-refractivity contribution in [2.75, 3.05) is 20.4 Å². The highest BCUT2D eigenvalue weighted by Gasteiger charge is 2.35. The Bertz CT molecular complexity index is 720. The molecule has 0 saturated carbocycles. The molecule has 30 heavy (non-hydrogen) atoms. The maximum atomic E-state index is 13.3. The van der Waals surface area contributed by atoms with Crippen molar-refractivity contribution in [3.05, 3.63) is 71.8 Å². The lowest BCUT2D eigenvalue weighted by Crippen LogP contribution is -2.39. The van der Waals surface area contributed by atoms with Crippen molar-refractivity contribution in [1.29, 1.82) is 0 Å². The second-order valence-electron chi connectivity index (χ2n) is 6.73. The first-order valence-electron chi connectivity index (χ1n) is 10.3. The van der Waals surface area contributed by atoms with E-state index in [0.29, 0.717) is 0 Å². The number of carbonyl (C=O) groups excluding carboxylic acids is 2. The minimum Gasteiger partial charge on any atom is -0.469 e. The van der Waals surface area contributed by atoms with E-state index in [2.05, 4.69) is 12.6 Å². The van der Waals surface area contributed by atoms with Crippen LogP contribution in [0.2, 0.25) is 0 Å². The maximum Gasteiger partial charge on any atom is 0.306 e. The van der Waals surface area contributed by atoms with Crippen molar-refractivity contribution < 1.29 is 14.3 Å². The lowest BCUT2D eigenvalue weighted by molar-refractivity contribution is -0.141. The summed E-state index contributed by atoms with van der Waals surface area (Å²) in [6.45, 7) is 7.97. The van der Waals surface area contributed by atoms with Crippen LogP contribution >= 0.6 is 12.6 Å². The van der Waals surface area contributed by atoms with Crippen LogP contribution in [0.4, 0.5) is 0 Å². The molecule has 0 fully saturated rings. The number of thiol groups is 1. The molecule has 0 spiro atoms. The highest BCUT2D eigenvalue weighted by atomic mass is 32.1. The van der Waals surface area contributed by atoms with E-state index in [0.717, 1.165) is 11.1 Å². The number of amides is 1. The highest BCUT2D eigenvalue weighted by molar-refractivity contribution is 7.79. The summed E-state index contributed by atoms with van der Waals surface area (Å²) >= 11 is 3.53. The van der Waals surface area contributed by atoms with E-state index in [1.165, 1.54) is 7.11 Å². The quantitative estimate of drug-likeness (QED) is 0.461. The van der Waals surface area contributed by atoms with E-state index < -0.39 is 5.92 Å². The van der Waals surface area contributed by atoms with Gasteiger partial charge in [0.25, 0.3) is 0 Å². The van der Waals surface area contributed by atoms with E-state index in [4.69, 9.17) is 4.74 Å². The molecule has 0 aliphatic carbocycles. The highest BCUT2D eigenvalue weighted by Crippen LogP contribution is 2.37. The Balaban J connectivity index is 0.00000198. The standard InChI is InChI=1S/C22H27NO3.C2H6.CH4S/c1-16(2)23(3)22(25)21(18-13-9-6-10-14-18)19(15-20(24)26-4)17-11-7-5-8-12-17;2*1-2/h5-14,16,19,21H,15H2,1-4H3;1-2H3;2H,1H3. The molecule has 2 rings (SSSR count). The van der Waals surface area contributed by atoms with Gasteiger partial charge < -0.3 is 9.64 Å². The molecule has 0 N–H and O–H groups in total. The van der Waals surface area contributed by atoms with Gasteiger partial charge in [-0.3, -0.25) is 9.59 Å². The van der Waals surface area contributed by atoms with Gasteiger partial charge in [0.05, 0.1) is 19.4 Å². The molecule has 0 aliphatic rings. The Morgan fingerprint density at radius 1 is 0.900 bits per heavy atom. The fourth-order valence-corrected chi connectivity index (χ4v) is 3.07. The predicted octanol–water partition coefficient (Wildman–Crippen LogP) is 5.56. The van der Waals surface area contributed by atoms with Crippen molar-refractivity contribution in [3.8, 4) is 0 Å². The molecule has 0 bridgehead atoms. The lowest BCUT2D eigenvalue weighted by atomic mass is 9.78. The van der Waals surface area contributed by atoms with Crippen LogP contribution in [0, 0.1) is 0 Å². The first kappa shape index (κ1) is 27.7. The molecule has 1 amide bonds. The zero-order chi connectivity index (χ0) is 23.1. The average molecular weight is 432 g/mol. The van der Waals surface area contributed by atoms with Gasteiger partial charge in [-0.1, -0.05) is 74.5 Å². The van der Waals surface area contributed by atoms with Gasteiger partial charge in [0.2, 0.25) is 5.91 Å². The first-order valence-corrected chi connectivity index (χ1v) is 11.2. The number of methoxy groups -OCH3 is 1. The molecule has 2 aromatic carbocycles. The number of nitrogens with zero attached hydrogens (tertiary/aromatic N) is 1. The summed E-state index contributed by atoms with van der Waals surface area (Å²) in [6, 6.07) is 19.5. The fourth-order valence-electron chi connectivity index (χ4n) is 3.07. The summed E-state index contributed by atoms with van der Waals surface area (Å²) in [5.41, 5.74) is 1.86. The Kier molecular flexibility index (Phi) is 14.4. The smallest absolute Gasteiger partial charge is 0.306 e. The van der Waals surface area contributed by atoms with Crippen LogP contribution in [0.1, 0.15) is 57.1 Å². The van der Waals surface area contributed by atoms with E-state index >= 15 is 0 Å². The summed E-state index contributed by atoms with van der Waals surface area (Å²) in [6.07, 6.45) is 1.84. The molecular weight excluding hydrogens is 394 g/mol. The molecule has 5 heteroatoms. The second kappa shape index (κ2) is 15.6. The number of likely N-dealkylation sites (N-methyl/N-ethyl adjacent to an activating group) is 1. The third-order valence-electron chi connectivity index (χ3n) is 4.79. The monoisotopic (exact) mass is 431 g/mol. The molecule has 166 valence electrons. The van der Waals surface area contributed by atoms with Gasteiger partial charge in [-0.25, -0.2) is 0 Å². The van der Waals surface area contributed by atoms with Crippen molar-refractivity contribution in [1.82, 2.24) is 4.90 Å². The summed E-state index contributed by atoms with van der Waals surface area (Å²) < 4.78 is 4.91. The Labute approximate surface area is 188 Å². The molecule has 0 radical (unpaired) electrons. The third kappa shape index (κ3) is 8.23. The normalized spacial score (nSPS) is 11.8. The number of rotatable bonds is 7. The average Bonchev–Trinajstić information content (AvgIpc) is 2.81. The predicted molar refractivity (Wildman–Crippen MR) is 129 cm³/mol. The molecule has 2 unspecified atom stereocenters. The minimum atomic E-state index is -0.454. The zero-order valence-electron chi connectivity index (χ0n) is 19.3. The molecule has 0 aromatic heterocycles. The topological polar surface area (TPSA) is 46.6 Å². The van der Waals surface area contributed by atoms with Crippen LogP contribution < -0.4 is 0 Å². The van der Waals surface area contributed by atoms with E-state index in [9.17, 15) is 9.59 Å². The van der Waals surface area contributed by atoms with E-state index in [1.54, 1.807) is 11.2 Å². The van der Waals surface area contributed by atoms with Crippen LogP contribution in [-0.2, 0) is 14.3 Å². The van der Waals surface area contributed by atoms with Crippen molar-refractivity contribution >= 4 is 24.5 Å². The molecular formula is C25H37NO3S. The van der Waals surface area contributed by atoms with Crippen molar-refractivity contribution in [3.63, 3.8) is 0 Å². The SMILES string of the molecule is CC.COC(=O)CC(c1ccccc1)C(C(=O)N(C)C(C)C)c1ccccc1.CS. The van der Waals surface area contributed by atoms with Gasteiger partial charge in [0.1, 0.15) is 0 Å². The number of hydrogen-bond acceptors (Lipinski definition) is 4. The summed E-state index contributed by atoms with van der Waals surface area (Å²) in [7, 11) is 3.19. The molecule has 0 aliphatic heterocycles. The number of benzene rings is 2. The van der Waals surface area contributed by atoms with Gasteiger partial charge in [0, 0.05) is 19.0 Å². The van der Waals surface area contributed by atoms with Gasteiger partial charge in [-0.05, 0) is 31.2 Å². The molecule has 0 saturated heterocycles. The molecule has 0 heterocycles. The van der Waals surface area contributed by atoms with Crippen LogP contribution in [-0.4, -0.2) is 43.2 Å². The van der Waals surface area contributed by atoms with Gasteiger partial charge in [-0.15, -0.1) is 0 Å². The molecule has 4 nitrogen and oxygen atoms in total. The Morgan fingerprint density at radius 3 is 1.73 bits per heavy atom. The van der Waals surface area contributed by atoms with E-state index in [-0.39, 0.29) is 30.3 Å². The third-order valence-corrected chi connectivity index (χ3v) is 4.79. The first-order chi connectivity index (χ1) is 14.5. The largest absolute Gasteiger partial charge is 0.469 e. The summed E-state index contributed by atoms with van der Waals surface area (Å²) in [5.74, 6) is -1.06. The van der Waals surface area contributed by atoms with E-state index in [1.807, 2.05) is 95.4 Å². The van der Waals surface area contributed by atoms with Crippen LogP contribution in [0.15, 0.2) is 60.7 Å². The molecule has 2 atom stereocenters. The molecule has 2 aromatic rings. The van der Waals surface area contributed by atoms with Crippen molar-refractivity contribution in [2.24, 2.45) is 0 Å². The van der Waals surface area contributed by atoms with Crippen molar-refractivity contribution in [2.45, 2.75) is 52.0 Å². The van der Waals surface area contributed by atoms with Gasteiger partial charge >= 0.3 is 5.97 Å². The number of esters is 1. The van der Waals surface area contributed by atoms with Gasteiger partial charge in [0.15, 0.2) is 0 Å². The second-order valence-corrected chi connectivity index (χ2v) is 6.73. The van der Waals surface area contributed by atoms with Crippen LogP contribution in [0.3, 0.4) is 0 Å². The van der Waals surface area contributed by atoms with Gasteiger partial charge in [-0.2, -0.15) is 12.6 Å². The van der Waals surface area contributed by atoms with Crippen LogP contribution in [0.5, 0.6) is 0 Å². The van der Waals surface area contributed by atoms with Crippen LogP contribution in [0.25, 0.3) is 0 Å². The minimum absolute atomic E-state index is 0.00366. The number of ether oxygens (including phenoxy) is 1. The summed E-state index contributed by atoms with van der Waals surface area (Å²) in [4.78, 5) is 27.2.